The van der Waals surface area contributed by atoms with Crippen LogP contribution in [-0.4, -0.2) is 41.5 Å². The summed E-state index contributed by atoms with van der Waals surface area (Å²) in [6, 6.07) is 6.41. The van der Waals surface area contributed by atoms with E-state index < -0.39 is 0 Å². The molecule has 5 rings (SSSR count). The van der Waals surface area contributed by atoms with Crippen LogP contribution in [-0.2, 0) is 4.79 Å². The third-order valence-corrected chi connectivity index (χ3v) is 6.45. The molecule has 1 aliphatic carbocycles. The Labute approximate surface area is 153 Å². The van der Waals surface area contributed by atoms with Crippen molar-refractivity contribution in [1.29, 1.82) is 0 Å². The minimum absolute atomic E-state index is 0.0368. The predicted octanol–water partition coefficient (Wildman–Crippen LogP) is 3.15. The topological polar surface area (TPSA) is 45.2 Å². The van der Waals surface area contributed by atoms with Crippen molar-refractivity contribution in [3.63, 3.8) is 0 Å². The highest BCUT2D eigenvalue weighted by Gasteiger charge is 2.35. The second-order valence-corrected chi connectivity index (χ2v) is 8.37. The van der Waals surface area contributed by atoms with Crippen LogP contribution in [0, 0.1) is 18.8 Å². The fourth-order valence-electron chi connectivity index (χ4n) is 3.98. The van der Waals surface area contributed by atoms with Crippen molar-refractivity contribution in [2.45, 2.75) is 37.3 Å². The van der Waals surface area contributed by atoms with Crippen molar-refractivity contribution in [2.24, 2.45) is 11.8 Å². The summed E-state index contributed by atoms with van der Waals surface area (Å²) in [6.07, 6.45) is 9.52. The normalized spacial score (nSPS) is 30.8. The SMILES string of the molecule is Cc1cccc(SC2=CCC(C(=O)N[C@H]3CN4CCC3CC4)C=C2)n1. The maximum Gasteiger partial charge on any atom is 0.227 e. The van der Waals surface area contributed by atoms with E-state index in [2.05, 4.69) is 33.4 Å². The number of carbonyl (C=O) groups excluding carboxylic acids is 1. The molecule has 0 radical (unpaired) electrons. The first-order chi connectivity index (χ1) is 12.2. The third kappa shape index (κ3) is 3.98. The summed E-state index contributed by atoms with van der Waals surface area (Å²) in [7, 11) is 0. The molecule has 1 aromatic rings. The van der Waals surface area contributed by atoms with Gasteiger partial charge in [-0.2, -0.15) is 0 Å². The molecule has 4 nitrogen and oxygen atoms in total. The van der Waals surface area contributed by atoms with Gasteiger partial charge in [0.2, 0.25) is 5.91 Å². The van der Waals surface area contributed by atoms with E-state index in [-0.39, 0.29) is 11.8 Å². The fraction of sp³-hybridized carbons (Fsp3) is 0.500. The molecule has 0 saturated carbocycles. The molecule has 5 heteroatoms. The highest BCUT2D eigenvalue weighted by molar-refractivity contribution is 8.03. The monoisotopic (exact) mass is 355 g/mol. The van der Waals surface area contributed by atoms with E-state index >= 15 is 0 Å². The van der Waals surface area contributed by atoms with Gasteiger partial charge in [-0.3, -0.25) is 4.79 Å². The number of carbonyl (C=O) groups is 1. The van der Waals surface area contributed by atoms with Gasteiger partial charge in [-0.15, -0.1) is 0 Å². The summed E-state index contributed by atoms with van der Waals surface area (Å²) in [5.74, 6) is 0.824. The summed E-state index contributed by atoms with van der Waals surface area (Å²) in [5.41, 5.74) is 1.03. The molecule has 3 fully saturated rings. The zero-order chi connectivity index (χ0) is 17.2. The number of rotatable bonds is 4. The molecule has 1 aromatic heterocycles. The number of thioether (sulfide) groups is 1. The van der Waals surface area contributed by atoms with Crippen LogP contribution in [0.2, 0.25) is 0 Å². The van der Waals surface area contributed by atoms with Gasteiger partial charge in [-0.25, -0.2) is 4.98 Å². The van der Waals surface area contributed by atoms with Crippen LogP contribution >= 0.6 is 11.8 Å². The average molecular weight is 356 g/mol. The van der Waals surface area contributed by atoms with Gasteiger partial charge < -0.3 is 10.2 Å². The standard InChI is InChI=1S/C20H25N3OS/c1-14-3-2-4-19(21-14)25-17-7-5-16(6-8-17)20(24)22-18-13-23-11-9-15(18)10-12-23/h2-5,7-8,15-16,18H,6,9-13H2,1H3,(H,22,24)/t16?,18-/m0/s1. The number of amides is 1. The molecular formula is C20H25N3OS. The molecule has 132 valence electrons. The average Bonchev–Trinajstić information content (AvgIpc) is 2.63. The first-order valence-corrected chi connectivity index (χ1v) is 10.0. The number of aromatic nitrogens is 1. The summed E-state index contributed by atoms with van der Waals surface area (Å²) in [6.45, 7) is 5.44. The number of hydrogen-bond acceptors (Lipinski definition) is 4. The summed E-state index contributed by atoms with van der Waals surface area (Å²) < 4.78 is 0. The summed E-state index contributed by atoms with van der Waals surface area (Å²) in [4.78, 5) is 20.8. The second-order valence-electron chi connectivity index (χ2n) is 7.28. The Morgan fingerprint density at radius 2 is 2.16 bits per heavy atom. The molecule has 25 heavy (non-hydrogen) atoms. The van der Waals surface area contributed by atoms with Gasteiger partial charge in [0.1, 0.15) is 5.03 Å². The highest BCUT2D eigenvalue weighted by Crippen LogP contribution is 2.31. The largest absolute Gasteiger partial charge is 0.351 e. The van der Waals surface area contributed by atoms with Gasteiger partial charge in [0.25, 0.3) is 0 Å². The molecule has 4 aliphatic rings. The molecule has 1 unspecified atom stereocenters. The number of pyridine rings is 1. The van der Waals surface area contributed by atoms with E-state index in [0.717, 1.165) is 23.7 Å². The number of hydrogen-bond donors (Lipinski definition) is 1. The Morgan fingerprint density at radius 1 is 1.32 bits per heavy atom. The van der Waals surface area contributed by atoms with E-state index in [1.807, 2.05) is 25.1 Å². The van der Waals surface area contributed by atoms with E-state index in [1.165, 1.54) is 30.8 Å². The lowest BCUT2D eigenvalue weighted by molar-refractivity contribution is -0.125. The van der Waals surface area contributed by atoms with E-state index in [1.54, 1.807) is 11.8 Å². The maximum atomic E-state index is 12.6. The van der Waals surface area contributed by atoms with Gasteiger partial charge in [-0.1, -0.05) is 36.1 Å². The van der Waals surface area contributed by atoms with Crippen molar-refractivity contribution in [3.05, 3.63) is 47.0 Å². The minimum atomic E-state index is -0.0368. The van der Waals surface area contributed by atoms with Gasteiger partial charge in [0.05, 0.1) is 5.92 Å². The Hall–Kier alpha value is -1.59. The fourth-order valence-corrected chi connectivity index (χ4v) is 4.89. The zero-order valence-corrected chi connectivity index (χ0v) is 15.5. The number of nitrogens with zero attached hydrogens (tertiary/aromatic N) is 2. The van der Waals surface area contributed by atoms with Crippen molar-refractivity contribution in [2.75, 3.05) is 19.6 Å². The predicted molar refractivity (Wildman–Crippen MR) is 101 cm³/mol. The van der Waals surface area contributed by atoms with Gasteiger partial charge in [0, 0.05) is 23.2 Å². The van der Waals surface area contributed by atoms with Crippen LogP contribution in [0.4, 0.5) is 0 Å². The highest BCUT2D eigenvalue weighted by atomic mass is 32.2. The molecule has 2 atom stereocenters. The molecule has 0 aromatic carbocycles. The lowest BCUT2D eigenvalue weighted by atomic mass is 9.83. The molecule has 3 saturated heterocycles. The molecule has 3 aliphatic heterocycles. The number of aryl methyl sites for hydroxylation is 1. The zero-order valence-electron chi connectivity index (χ0n) is 14.6. The number of nitrogens with one attached hydrogen (secondary N) is 1. The Balaban J connectivity index is 1.31. The first-order valence-electron chi connectivity index (χ1n) is 9.20. The van der Waals surface area contributed by atoms with E-state index in [4.69, 9.17) is 0 Å². The summed E-state index contributed by atoms with van der Waals surface area (Å²) >= 11 is 1.66. The van der Waals surface area contributed by atoms with Crippen LogP contribution < -0.4 is 5.32 Å². The molecule has 1 N–H and O–H groups in total. The van der Waals surface area contributed by atoms with Crippen LogP contribution in [0.5, 0.6) is 0 Å². The molecule has 4 heterocycles. The van der Waals surface area contributed by atoms with Crippen molar-refractivity contribution in [1.82, 2.24) is 15.2 Å². The Morgan fingerprint density at radius 3 is 2.80 bits per heavy atom. The second kappa shape index (κ2) is 7.34. The lowest BCUT2D eigenvalue weighted by Gasteiger charge is -2.45. The minimum Gasteiger partial charge on any atom is -0.351 e. The Bertz CT molecular complexity index is 707. The Kier molecular flexibility index (Phi) is 4.95. The molecule has 0 spiro atoms. The quantitative estimate of drug-likeness (QED) is 0.901. The van der Waals surface area contributed by atoms with E-state index in [0.29, 0.717) is 12.0 Å². The molecular weight excluding hydrogens is 330 g/mol. The molecule has 1 amide bonds. The van der Waals surface area contributed by atoms with E-state index in [9.17, 15) is 4.79 Å². The van der Waals surface area contributed by atoms with Crippen molar-refractivity contribution >= 4 is 17.7 Å². The van der Waals surface area contributed by atoms with Gasteiger partial charge >= 0.3 is 0 Å². The smallest absolute Gasteiger partial charge is 0.227 e. The van der Waals surface area contributed by atoms with Crippen molar-refractivity contribution < 1.29 is 4.79 Å². The van der Waals surface area contributed by atoms with Crippen LogP contribution in [0.15, 0.2) is 46.4 Å². The summed E-state index contributed by atoms with van der Waals surface area (Å²) in [5, 5.41) is 4.32. The molecule has 2 bridgehead atoms. The number of fused-ring (bicyclic) bond motifs is 3. The number of piperidine rings is 3. The number of allylic oxidation sites excluding steroid dienone is 2. The third-order valence-electron chi connectivity index (χ3n) is 5.47. The maximum absolute atomic E-state index is 12.6. The van der Waals surface area contributed by atoms with Crippen LogP contribution in [0.1, 0.15) is 25.0 Å². The van der Waals surface area contributed by atoms with Crippen molar-refractivity contribution in [3.8, 4) is 0 Å². The van der Waals surface area contributed by atoms with Crippen LogP contribution in [0.3, 0.4) is 0 Å². The first kappa shape index (κ1) is 16.9. The van der Waals surface area contributed by atoms with Crippen LogP contribution in [0.25, 0.3) is 0 Å². The van der Waals surface area contributed by atoms with Gasteiger partial charge in [0.15, 0.2) is 0 Å². The lowest BCUT2D eigenvalue weighted by Crippen LogP contribution is -2.57. The van der Waals surface area contributed by atoms with Gasteiger partial charge in [-0.05, 0) is 57.3 Å².